The third kappa shape index (κ3) is 5.57. The number of rotatable bonds is 8. The highest BCUT2D eigenvalue weighted by Crippen LogP contribution is 2.28. The molecular formula is C20H22FN3O3. The fraction of sp³-hybridized carbons (Fsp3) is 0.200. The van der Waals surface area contributed by atoms with Crippen LogP contribution in [0.4, 0.5) is 15.8 Å². The van der Waals surface area contributed by atoms with Crippen molar-refractivity contribution in [2.45, 2.75) is 13.0 Å². The van der Waals surface area contributed by atoms with Gasteiger partial charge in [-0.25, -0.2) is 4.39 Å². The third-order valence-corrected chi connectivity index (χ3v) is 3.73. The van der Waals surface area contributed by atoms with Gasteiger partial charge in [-0.15, -0.1) is 6.58 Å². The highest BCUT2D eigenvalue weighted by Gasteiger charge is 2.14. The van der Waals surface area contributed by atoms with Gasteiger partial charge in [-0.3, -0.25) is 9.59 Å². The second-order valence-electron chi connectivity index (χ2n) is 5.78. The van der Waals surface area contributed by atoms with Crippen LogP contribution in [0.15, 0.2) is 55.1 Å². The number of amides is 2. The Kier molecular flexibility index (Phi) is 6.93. The highest BCUT2D eigenvalue weighted by atomic mass is 19.1. The Morgan fingerprint density at radius 2 is 2.04 bits per heavy atom. The normalized spacial score (nSPS) is 11.2. The fourth-order valence-corrected chi connectivity index (χ4v) is 2.36. The van der Waals surface area contributed by atoms with E-state index in [-0.39, 0.29) is 11.5 Å². The van der Waals surface area contributed by atoms with Gasteiger partial charge in [0.2, 0.25) is 5.91 Å². The van der Waals surface area contributed by atoms with Gasteiger partial charge >= 0.3 is 0 Å². The lowest BCUT2D eigenvalue weighted by Crippen LogP contribution is -2.37. The van der Waals surface area contributed by atoms with Gasteiger partial charge in [0.25, 0.3) is 5.91 Å². The molecule has 1 atom stereocenters. The van der Waals surface area contributed by atoms with E-state index in [9.17, 15) is 14.0 Å². The summed E-state index contributed by atoms with van der Waals surface area (Å²) in [5, 5.41) is 8.45. The molecule has 6 nitrogen and oxygen atoms in total. The molecule has 0 heterocycles. The quantitative estimate of drug-likeness (QED) is 0.623. The van der Waals surface area contributed by atoms with Crippen molar-refractivity contribution in [1.82, 2.24) is 5.32 Å². The number of halogens is 1. The van der Waals surface area contributed by atoms with E-state index in [1.807, 2.05) is 0 Å². The van der Waals surface area contributed by atoms with Crippen LogP contribution in [0.25, 0.3) is 0 Å². The minimum absolute atomic E-state index is 0.184. The number of ether oxygens (including phenoxy) is 1. The standard InChI is InChI=1S/C20H22FN3O3/c1-4-10-22-19(25)13(2)23-16-8-9-18(27-3)17(12-16)24-20(26)14-6-5-7-15(21)11-14/h4-9,11-13,23H,1,10H2,2-3H3,(H,22,25)(H,24,26). The van der Waals surface area contributed by atoms with Crippen LogP contribution in [0.5, 0.6) is 5.75 Å². The van der Waals surface area contributed by atoms with Crippen LogP contribution < -0.4 is 20.7 Å². The van der Waals surface area contributed by atoms with Gasteiger partial charge in [-0.2, -0.15) is 0 Å². The van der Waals surface area contributed by atoms with E-state index in [0.717, 1.165) is 6.07 Å². The molecule has 0 radical (unpaired) electrons. The van der Waals surface area contributed by atoms with Crippen LogP contribution in [-0.4, -0.2) is 31.5 Å². The lowest BCUT2D eigenvalue weighted by molar-refractivity contribution is -0.121. The average Bonchev–Trinajstić information content (AvgIpc) is 2.66. The van der Waals surface area contributed by atoms with E-state index >= 15 is 0 Å². The van der Waals surface area contributed by atoms with Gasteiger partial charge in [0.05, 0.1) is 12.8 Å². The van der Waals surface area contributed by atoms with E-state index in [1.54, 1.807) is 31.2 Å². The molecule has 0 saturated carbocycles. The molecule has 1 unspecified atom stereocenters. The molecule has 0 aliphatic carbocycles. The summed E-state index contributed by atoms with van der Waals surface area (Å²) in [6, 6.07) is 9.93. The number of hydrogen-bond donors (Lipinski definition) is 3. The first-order valence-electron chi connectivity index (χ1n) is 8.34. The number of nitrogens with one attached hydrogen (secondary N) is 3. The van der Waals surface area contributed by atoms with Crippen molar-refractivity contribution in [2.75, 3.05) is 24.3 Å². The number of anilines is 2. The molecule has 0 fully saturated rings. The largest absolute Gasteiger partial charge is 0.495 e. The summed E-state index contributed by atoms with van der Waals surface area (Å²) in [5.41, 5.74) is 1.20. The van der Waals surface area contributed by atoms with Crippen molar-refractivity contribution in [3.8, 4) is 5.75 Å². The zero-order valence-corrected chi connectivity index (χ0v) is 15.2. The molecule has 0 aliphatic rings. The molecule has 0 bridgehead atoms. The van der Waals surface area contributed by atoms with Crippen LogP contribution in [0.3, 0.4) is 0 Å². The Hall–Kier alpha value is -3.35. The zero-order valence-electron chi connectivity index (χ0n) is 15.2. The number of carbonyl (C=O) groups is 2. The Labute approximate surface area is 157 Å². The summed E-state index contributed by atoms with van der Waals surface area (Å²) in [6.07, 6.45) is 1.60. The van der Waals surface area contributed by atoms with E-state index in [4.69, 9.17) is 4.74 Å². The smallest absolute Gasteiger partial charge is 0.255 e. The summed E-state index contributed by atoms with van der Waals surface area (Å²) in [5.74, 6) is -0.712. The van der Waals surface area contributed by atoms with Crippen molar-refractivity contribution in [3.05, 3.63) is 66.5 Å². The molecule has 0 aliphatic heterocycles. The first-order chi connectivity index (χ1) is 12.9. The maximum Gasteiger partial charge on any atom is 0.255 e. The maximum absolute atomic E-state index is 13.3. The Morgan fingerprint density at radius 3 is 2.70 bits per heavy atom. The Balaban J connectivity index is 2.16. The number of benzene rings is 2. The first-order valence-corrected chi connectivity index (χ1v) is 8.34. The van der Waals surface area contributed by atoms with E-state index in [0.29, 0.717) is 23.7 Å². The summed E-state index contributed by atoms with van der Waals surface area (Å²) < 4.78 is 18.6. The summed E-state index contributed by atoms with van der Waals surface area (Å²) in [7, 11) is 1.48. The second kappa shape index (κ2) is 9.38. The van der Waals surface area contributed by atoms with Crippen LogP contribution in [0.2, 0.25) is 0 Å². The van der Waals surface area contributed by atoms with Gasteiger partial charge in [0, 0.05) is 17.8 Å². The topological polar surface area (TPSA) is 79.5 Å². The predicted octanol–water partition coefficient (Wildman–Crippen LogP) is 3.19. The van der Waals surface area contributed by atoms with Gasteiger partial charge in [0.15, 0.2) is 0 Å². The first kappa shape index (κ1) is 20.0. The third-order valence-electron chi connectivity index (χ3n) is 3.73. The predicted molar refractivity (Wildman–Crippen MR) is 104 cm³/mol. The molecule has 0 spiro atoms. The lowest BCUT2D eigenvalue weighted by atomic mass is 10.2. The van der Waals surface area contributed by atoms with Gasteiger partial charge < -0.3 is 20.7 Å². The van der Waals surface area contributed by atoms with Crippen molar-refractivity contribution in [3.63, 3.8) is 0 Å². The van der Waals surface area contributed by atoms with Gasteiger partial charge in [-0.05, 0) is 43.3 Å². The Morgan fingerprint density at radius 1 is 1.26 bits per heavy atom. The minimum Gasteiger partial charge on any atom is -0.495 e. The molecule has 0 saturated heterocycles. The van der Waals surface area contributed by atoms with E-state index in [1.165, 1.54) is 25.3 Å². The van der Waals surface area contributed by atoms with Crippen molar-refractivity contribution in [2.24, 2.45) is 0 Å². The van der Waals surface area contributed by atoms with Crippen LogP contribution in [0.1, 0.15) is 17.3 Å². The highest BCUT2D eigenvalue weighted by molar-refractivity contribution is 6.05. The average molecular weight is 371 g/mol. The van der Waals surface area contributed by atoms with Crippen molar-refractivity contribution in [1.29, 1.82) is 0 Å². The molecule has 2 aromatic rings. The molecule has 3 N–H and O–H groups in total. The second-order valence-corrected chi connectivity index (χ2v) is 5.78. The molecular weight excluding hydrogens is 349 g/mol. The summed E-state index contributed by atoms with van der Waals surface area (Å²) in [6.45, 7) is 5.65. The molecule has 7 heteroatoms. The number of hydrogen-bond acceptors (Lipinski definition) is 4. The van der Waals surface area contributed by atoms with E-state index < -0.39 is 17.8 Å². The van der Waals surface area contributed by atoms with Crippen molar-refractivity contribution >= 4 is 23.2 Å². The van der Waals surface area contributed by atoms with E-state index in [2.05, 4.69) is 22.5 Å². The van der Waals surface area contributed by atoms with Crippen LogP contribution in [0, 0.1) is 5.82 Å². The van der Waals surface area contributed by atoms with Gasteiger partial charge in [-0.1, -0.05) is 12.1 Å². The number of methoxy groups -OCH3 is 1. The maximum atomic E-state index is 13.3. The molecule has 0 aromatic heterocycles. The summed E-state index contributed by atoms with van der Waals surface area (Å²) >= 11 is 0. The molecule has 2 rings (SSSR count). The number of carbonyl (C=O) groups excluding carboxylic acids is 2. The fourth-order valence-electron chi connectivity index (χ4n) is 2.36. The lowest BCUT2D eigenvalue weighted by Gasteiger charge is -2.17. The zero-order chi connectivity index (χ0) is 19.8. The molecule has 2 amide bonds. The Bertz CT molecular complexity index is 839. The molecule has 142 valence electrons. The molecule has 27 heavy (non-hydrogen) atoms. The monoisotopic (exact) mass is 371 g/mol. The molecule has 2 aromatic carbocycles. The SMILES string of the molecule is C=CCNC(=O)C(C)Nc1ccc(OC)c(NC(=O)c2cccc(F)c2)c1. The van der Waals surface area contributed by atoms with Crippen LogP contribution >= 0.6 is 0 Å². The van der Waals surface area contributed by atoms with Gasteiger partial charge in [0.1, 0.15) is 17.6 Å². The van der Waals surface area contributed by atoms with Crippen LogP contribution in [-0.2, 0) is 4.79 Å². The minimum atomic E-state index is -0.496. The summed E-state index contributed by atoms with van der Waals surface area (Å²) in [4.78, 5) is 24.3. The van der Waals surface area contributed by atoms with Crippen molar-refractivity contribution < 1.29 is 18.7 Å².